The van der Waals surface area contributed by atoms with Crippen molar-refractivity contribution in [1.29, 1.82) is 0 Å². The fourth-order valence-corrected chi connectivity index (χ4v) is 7.74. The minimum absolute atomic E-state index is 0.307. The zero-order chi connectivity index (χ0) is 17.4. The lowest BCUT2D eigenvalue weighted by Crippen LogP contribution is -2.23. The first kappa shape index (κ1) is 16.3. The van der Waals surface area contributed by atoms with Gasteiger partial charge in [-0.05, 0) is 99.2 Å². The van der Waals surface area contributed by atoms with E-state index in [1.54, 1.807) is 22.3 Å². The molecule has 0 saturated carbocycles. The molecule has 0 N–H and O–H groups in total. The first-order chi connectivity index (χ1) is 11.9. The van der Waals surface area contributed by atoms with E-state index in [-0.39, 0.29) is 0 Å². The largest absolute Gasteiger partial charge is 0.126 e. The van der Waals surface area contributed by atoms with Gasteiger partial charge in [-0.2, -0.15) is 0 Å². The van der Waals surface area contributed by atoms with E-state index in [2.05, 4.69) is 75.5 Å². The molecule has 0 atom stereocenters. The Morgan fingerprint density at radius 3 is 1.56 bits per heavy atom. The van der Waals surface area contributed by atoms with Gasteiger partial charge >= 0.3 is 0 Å². The van der Waals surface area contributed by atoms with E-state index in [0.29, 0.717) is 10.8 Å². The molecule has 0 aromatic heterocycles. The van der Waals surface area contributed by atoms with Crippen LogP contribution in [0.2, 0.25) is 0 Å². The maximum atomic E-state index is 2.54. The van der Waals surface area contributed by atoms with Gasteiger partial charge in [0, 0.05) is 9.79 Å². The summed E-state index contributed by atoms with van der Waals surface area (Å²) in [6.07, 6.45) is 3.68. The Kier molecular flexibility index (Phi) is 3.48. The molecule has 130 valence electrons. The first-order valence-corrected chi connectivity index (χ1v) is 11.4. The second-order valence-corrected chi connectivity index (χ2v) is 11.4. The van der Waals surface area contributed by atoms with Crippen LogP contribution in [0.25, 0.3) is 11.1 Å². The normalized spacial score (nSPS) is 21.9. The standard InChI is InChI=1S/C23H26S2/c1-22(2)5-7-24-20-10-14-9-15-11-21-19(23(3,4)6-8-25-21)13-17(15)16(14)12-18(20)22/h10-13H,5-9H2,1-4H3. The third-order valence-corrected chi connectivity index (χ3v) is 8.62. The van der Waals surface area contributed by atoms with Gasteiger partial charge in [0.05, 0.1) is 0 Å². The summed E-state index contributed by atoms with van der Waals surface area (Å²) in [5.41, 5.74) is 9.87. The van der Waals surface area contributed by atoms with Crippen molar-refractivity contribution >= 4 is 23.5 Å². The zero-order valence-electron chi connectivity index (χ0n) is 15.7. The highest BCUT2D eigenvalue weighted by molar-refractivity contribution is 7.99. The number of hydrogen-bond acceptors (Lipinski definition) is 2. The van der Waals surface area contributed by atoms with E-state index in [9.17, 15) is 0 Å². The predicted molar refractivity (Wildman–Crippen MR) is 111 cm³/mol. The van der Waals surface area contributed by atoms with Crippen molar-refractivity contribution in [1.82, 2.24) is 0 Å². The van der Waals surface area contributed by atoms with E-state index in [4.69, 9.17) is 0 Å². The van der Waals surface area contributed by atoms with Gasteiger partial charge in [-0.15, -0.1) is 23.5 Å². The molecule has 5 rings (SSSR count). The third-order valence-electron chi connectivity index (χ3n) is 6.51. The topological polar surface area (TPSA) is 0 Å². The van der Waals surface area contributed by atoms with Crippen LogP contribution in [-0.2, 0) is 17.3 Å². The molecule has 25 heavy (non-hydrogen) atoms. The van der Waals surface area contributed by atoms with Gasteiger partial charge in [-0.25, -0.2) is 0 Å². The molecule has 0 fully saturated rings. The van der Waals surface area contributed by atoms with Gasteiger partial charge in [0.1, 0.15) is 0 Å². The zero-order valence-corrected chi connectivity index (χ0v) is 17.3. The van der Waals surface area contributed by atoms with Crippen molar-refractivity contribution in [2.75, 3.05) is 11.5 Å². The second-order valence-electron chi connectivity index (χ2n) is 9.15. The smallest absolute Gasteiger partial charge is 0.0113 e. The number of thioether (sulfide) groups is 2. The van der Waals surface area contributed by atoms with Gasteiger partial charge in [-0.3, -0.25) is 0 Å². The summed E-state index contributed by atoms with van der Waals surface area (Å²) in [7, 11) is 0. The maximum Gasteiger partial charge on any atom is 0.0113 e. The summed E-state index contributed by atoms with van der Waals surface area (Å²) in [5.74, 6) is 2.51. The van der Waals surface area contributed by atoms with Crippen LogP contribution < -0.4 is 0 Å². The Hall–Kier alpha value is -0.860. The Labute approximate surface area is 160 Å². The summed E-state index contributed by atoms with van der Waals surface area (Å²) in [5, 5.41) is 0. The van der Waals surface area contributed by atoms with Gasteiger partial charge < -0.3 is 0 Å². The highest BCUT2D eigenvalue weighted by Gasteiger charge is 2.33. The van der Waals surface area contributed by atoms with Gasteiger partial charge in [0.2, 0.25) is 0 Å². The summed E-state index contributed by atoms with van der Waals surface area (Å²) in [4.78, 5) is 3.06. The van der Waals surface area contributed by atoms with Gasteiger partial charge in [0.15, 0.2) is 0 Å². The van der Waals surface area contributed by atoms with Crippen molar-refractivity contribution < 1.29 is 0 Å². The van der Waals surface area contributed by atoms with Crippen LogP contribution in [0.15, 0.2) is 34.1 Å². The summed E-state index contributed by atoms with van der Waals surface area (Å²) >= 11 is 4.11. The Bertz CT molecular complexity index is 816. The minimum atomic E-state index is 0.307. The highest BCUT2D eigenvalue weighted by Crippen LogP contribution is 2.50. The van der Waals surface area contributed by atoms with E-state index in [1.165, 1.54) is 45.3 Å². The molecule has 2 heterocycles. The van der Waals surface area contributed by atoms with Gasteiger partial charge in [0.25, 0.3) is 0 Å². The van der Waals surface area contributed by atoms with Crippen LogP contribution in [-0.4, -0.2) is 11.5 Å². The van der Waals surface area contributed by atoms with Crippen LogP contribution in [0.3, 0.4) is 0 Å². The molecule has 2 aliphatic heterocycles. The highest BCUT2D eigenvalue weighted by atomic mass is 32.2. The fraction of sp³-hybridized carbons (Fsp3) is 0.478. The minimum Gasteiger partial charge on any atom is -0.126 e. The van der Waals surface area contributed by atoms with Crippen LogP contribution in [0.5, 0.6) is 0 Å². The predicted octanol–water partition coefficient (Wildman–Crippen LogP) is 6.80. The number of fused-ring (bicyclic) bond motifs is 5. The lowest BCUT2D eigenvalue weighted by Gasteiger charge is -2.33. The molecule has 0 bridgehead atoms. The number of rotatable bonds is 0. The summed E-state index contributed by atoms with van der Waals surface area (Å²) in [6, 6.07) is 10.1. The average molecular weight is 367 g/mol. The summed E-state index contributed by atoms with van der Waals surface area (Å²) < 4.78 is 0. The molecular formula is C23H26S2. The molecule has 0 unspecified atom stereocenters. The first-order valence-electron chi connectivity index (χ1n) is 9.46. The second kappa shape index (κ2) is 5.33. The third kappa shape index (κ3) is 2.44. The molecule has 0 spiro atoms. The molecule has 3 aliphatic rings. The number of hydrogen-bond donors (Lipinski definition) is 0. The van der Waals surface area contributed by atoms with E-state index < -0.39 is 0 Å². The molecule has 0 saturated heterocycles. The molecule has 1 aliphatic carbocycles. The lowest BCUT2D eigenvalue weighted by atomic mass is 9.79. The van der Waals surface area contributed by atoms with Gasteiger partial charge in [-0.1, -0.05) is 27.7 Å². The number of benzene rings is 2. The van der Waals surface area contributed by atoms with Crippen molar-refractivity contribution in [3.63, 3.8) is 0 Å². The molecule has 0 nitrogen and oxygen atoms in total. The van der Waals surface area contributed by atoms with Crippen molar-refractivity contribution in [3.05, 3.63) is 46.5 Å². The maximum absolute atomic E-state index is 2.54. The average Bonchev–Trinajstić information content (AvgIpc) is 2.88. The van der Waals surface area contributed by atoms with Crippen LogP contribution in [0, 0.1) is 0 Å². The summed E-state index contributed by atoms with van der Waals surface area (Å²) in [6.45, 7) is 9.67. The Morgan fingerprint density at radius 1 is 0.680 bits per heavy atom. The SMILES string of the molecule is CC1(C)CCSc2cc3c(cc21)-c1cc2c(cc1C3)SCCC2(C)C. The molecule has 2 aromatic carbocycles. The molecule has 2 aromatic rings. The van der Waals surface area contributed by atoms with Crippen LogP contribution >= 0.6 is 23.5 Å². The van der Waals surface area contributed by atoms with E-state index in [1.807, 2.05) is 0 Å². The monoisotopic (exact) mass is 366 g/mol. The van der Waals surface area contributed by atoms with Crippen LogP contribution in [0.1, 0.15) is 62.8 Å². The van der Waals surface area contributed by atoms with Crippen LogP contribution in [0.4, 0.5) is 0 Å². The Morgan fingerprint density at radius 2 is 1.12 bits per heavy atom. The van der Waals surface area contributed by atoms with Crippen molar-refractivity contribution in [2.24, 2.45) is 0 Å². The molecule has 0 radical (unpaired) electrons. The molecular weight excluding hydrogens is 340 g/mol. The van der Waals surface area contributed by atoms with E-state index in [0.717, 1.165) is 6.42 Å². The lowest BCUT2D eigenvalue weighted by molar-refractivity contribution is 0.493. The quantitative estimate of drug-likeness (QED) is 0.429. The van der Waals surface area contributed by atoms with Crippen molar-refractivity contribution in [3.8, 4) is 11.1 Å². The van der Waals surface area contributed by atoms with Crippen molar-refractivity contribution in [2.45, 2.75) is 67.6 Å². The fourth-order valence-electron chi connectivity index (χ4n) is 4.64. The molecule has 2 heteroatoms. The van der Waals surface area contributed by atoms with E-state index >= 15 is 0 Å². The molecule has 0 amide bonds. The Balaban J connectivity index is 1.70.